The molecule has 9 heteroatoms. The first kappa shape index (κ1) is 23.7. The van der Waals surface area contributed by atoms with E-state index in [2.05, 4.69) is 10.3 Å². The Hall–Kier alpha value is -3.49. The molecule has 0 saturated heterocycles. The molecule has 4 aromatic rings. The fraction of sp³-hybridized carbons (Fsp3) is 0.160. The minimum atomic E-state index is -0.273. The highest BCUT2D eigenvalue weighted by Crippen LogP contribution is 2.30. The molecule has 1 N–H and O–H groups in total. The van der Waals surface area contributed by atoms with E-state index in [1.165, 1.54) is 23.4 Å². The SMILES string of the molecule is COc1ccc(NC(=O)CSc2nc3ccccc3c(=O)n2-c2cccc(Cl)c2C)c(OC)c1. The highest BCUT2D eigenvalue weighted by atomic mass is 35.5. The van der Waals surface area contributed by atoms with Crippen molar-refractivity contribution in [3.05, 3.63) is 81.6 Å². The molecular formula is C25H22ClN3O4S. The van der Waals surface area contributed by atoms with Crippen LogP contribution in [0.2, 0.25) is 5.02 Å². The molecule has 0 saturated carbocycles. The molecule has 0 radical (unpaired) electrons. The maximum atomic E-state index is 13.4. The number of anilines is 1. The van der Waals surface area contributed by atoms with Crippen molar-refractivity contribution in [1.82, 2.24) is 9.55 Å². The van der Waals surface area contributed by atoms with Gasteiger partial charge >= 0.3 is 0 Å². The van der Waals surface area contributed by atoms with E-state index >= 15 is 0 Å². The van der Waals surface area contributed by atoms with Crippen LogP contribution in [0.3, 0.4) is 0 Å². The smallest absolute Gasteiger partial charge is 0.266 e. The maximum absolute atomic E-state index is 13.4. The van der Waals surface area contributed by atoms with E-state index in [-0.39, 0.29) is 17.2 Å². The number of fused-ring (bicyclic) bond motifs is 1. The Bertz CT molecular complexity index is 1440. The quantitative estimate of drug-likeness (QED) is 0.284. The summed E-state index contributed by atoms with van der Waals surface area (Å²) in [5.74, 6) is 0.850. The molecule has 0 aliphatic heterocycles. The molecule has 0 bridgehead atoms. The second kappa shape index (κ2) is 10.2. The van der Waals surface area contributed by atoms with Crippen LogP contribution in [0, 0.1) is 6.92 Å². The molecule has 0 unspecified atom stereocenters. The van der Waals surface area contributed by atoms with Crippen molar-refractivity contribution >= 4 is 45.9 Å². The number of carbonyl (C=O) groups is 1. The van der Waals surface area contributed by atoms with E-state index in [1.54, 1.807) is 55.6 Å². The molecule has 34 heavy (non-hydrogen) atoms. The average Bonchev–Trinajstić information content (AvgIpc) is 2.85. The highest BCUT2D eigenvalue weighted by Gasteiger charge is 2.17. The molecule has 0 aliphatic rings. The number of hydrogen-bond acceptors (Lipinski definition) is 6. The van der Waals surface area contributed by atoms with Gasteiger partial charge in [0.25, 0.3) is 5.56 Å². The summed E-state index contributed by atoms with van der Waals surface area (Å²) >= 11 is 7.49. The summed E-state index contributed by atoms with van der Waals surface area (Å²) in [5.41, 5.74) is 2.22. The molecular weight excluding hydrogens is 474 g/mol. The van der Waals surface area contributed by atoms with Gasteiger partial charge in [0, 0.05) is 11.1 Å². The lowest BCUT2D eigenvalue weighted by atomic mass is 10.2. The number of carbonyl (C=O) groups excluding carboxylic acids is 1. The van der Waals surface area contributed by atoms with E-state index in [0.717, 1.165) is 5.56 Å². The first-order chi connectivity index (χ1) is 16.4. The zero-order chi connectivity index (χ0) is 24.2. The van der Waals surface area contributed by atoms with Gasteiger partial charge in [-0.25, -0.2) is 4.98 Å². The lowest BCUT2D eigenvalue weighted by Gasteiger charge is -2.16. The Morgan fingerprint density at radius 3 is 2.65 bits per heavy atom. The number of nitrogens with zero attached hydrogens (tertiary/aromatic N) is 2. The van der Waals surface area contributed by atoms with Gasteiger partial charge in [-0.3, -0.25) is 14.2 Å². The third-order valence-electron chi connectivity index (χ3n) is 5.24. The van der Waals surface area contributed by atoms with Crippen LogP contribution in [-0.4, -0.2) is 35.4 Å². The number of thioether (sulfide) groups is 1. The number of ether oxygens (including phenoxy) is 2. The average molecular weight is 496 g/mol. The fourth-order valence-corrected chi connectivity index (χ4v) is 4.45. The van der Waals surface area contributed by atoms with Crippen molar-refractivity contribution in [3.8, 4) is 17.2 Å². The Morgan fingerprint density at radius 2 is 1.88 bits per heavy atom. The third-order valence-corrected chi connectivity index (χ3v) is 6.59. The zero-order valence-corrected chi connectivity index (χ0v) is 20.4. The van der Waals surface area contributed by atoms with Gasteiger partial charge in [0.15, 0.2) is 5.16 Å². The highest BCUT2D eigenvalue weighted by molar-refractivity contribution is 7.99. The lowest BCUT2D eigenvalue weighted by molar-refractivity contribution is -0.113. The normalized spacial score (nSPS) is 10.8. The molecule has 0 atom stereocenters. The summed E-state index contributed by atoms with van der Waals surface area (Å²) in [6.45, 7) is 1.84. The van der Waals surface area contributed by atoms with Crippen LogP contribution in [0.5, 0.6) is 11.5 Å². The van der Waals surface area contributed by atoms with Crippen LogP contribution in [0.1, 0.15) is 5.56 Å². The largest absolute Gasteiger partial charge is 0.497 e. The molecule has 0 fully saturated rings. The number of nitrogens with one attached hydrogen (secondary N) is 1. The van der Waals surface area contributed by atoms with Gasteiger partial charge in [0.05, 0.1) is 42.3 Å². The van der Waals surface area contributed by atoms with Gasteiger partial charge in [-0.15, -0.1) is 0 Å². The molecule has 3 aromatic carbocycles. The van der Waals surface area contributed by atoms with E-state index in [1.807, 2.05) is 19.1 Å². The van der Waals surface area contributed by atoms with Gasteiger partial charge in [-0.05, 0) is 48.9 Å². The van der Waals surface area contributed by atoms with Crippen LogP contribution >= 0.6 is 23.4 Å². The Labute approximate surface area is 205 Å². The summed E-state index contributed by atoms with van der Waals surface area (Å²) in [6.07, 6.45) is 0. The topological polar surface area (TPSA) is 82.5 Å². The first-order valence-electron chi connectivity index (χ1n) is 10.3. The summed E-state index contributed by atoms with van der Waals surface area (Å²) in [6, 6.07) is 17.6. The predicted molar refractivity (Wildman–Crippen MR) is 136 cm³/mol. The number of methoxy groups -OCH3 is 2. The van der Waals surface area contributed by atoms with Crippen LogP contribution in [0.25, 0.3) is 16.6 Å². The van der Waals surface area contributed by atoms with Crippen LogP contribution in [0.4, 0.5) is 5.69 Å². The van der Waals surface area contributed by atoms with Crippen molar-refractivity contribution in [2.75, 3.05) is 25.3 Å². The van der Waals surface area contributed by atoms with Crippen molar-refractivity contribution in [1.29, 1.82) is 0 Å². The number of hydrogen-bond donors (Lipinski definition) is 1. The van der Waals surface area contributed by atoms with Crippen LogP contribution in [0.15, 0.2) is 70.6 Å². The minimum absolute atomic E-state index is 0.0274. The number of benzene rings is 3. The molecule has 0 aliphatic carbocycles. The number of para-hydroxylation sites is 1. The number of amides is 1. The summed E-state index contributed by atoms with van der Waals surface area (Å²) in [7, 11) is 3.07. The van der Waals surface area contributed by atoms with Gasteiger partial charge in [-0.1, -0.05) is 41.6 Å². The Balaban J connectivity index is 1.67. The van der Waals surface area contributed by atoms with Gasteiger partial charge in [0.2, 0.25) is 5.91 Å². The summed E-state index contributed by atoms with van der Waals surface area (Å²) in [4.78, 5) is 30.9. The van der Waals surface area contributed by atoms with Crippen LogP contribution in [-0.2, 0) is 4.79 Å². The Kier molecular flexibility index (Phi) is 7.09. The van der Waals surface area contributed by atoms with Crippen molar-refractivity contribution in [2.24, 2.45) is 0 Å². The molecule has 1 heterocycles. The van der Waals surface area contributed by atoms with Crippen molar-refractivity contribution in [2.45, 2.75) is 12.1 Å². The van der Waals surface area contributed by atoms with E-state index in [9.17, 15) is 9.59 Å². The number of aromatic nitrogens is 2. The molecule has 7 nitrogen and oxygen atoms in total. The van der Waals surface area contributed by atoms with E-state index in [4.69, 9.17) is 21.1 Å². The molecule has 1 amide bonds. The second-order valence-electron chi connectivity index (χ2n) is 7.34. The summed E-state index contributed by atoms with van der Waals surface area (Å²) < 4.78 is 12.0. The van der Waals surface area contributed by atoms with Crippen molar-refractivity contribution in [3.63, 3.8) is 0 Å². The van der Waals surface area contributed by atoms with E-state index in [0.29, 0.717) is 44.0 Å². The maximum Gasteiger partial charge on any atom is 0.266 e. The van der Waals surface area contributed by atoms with Gasteiger partial charge in [-0.2, -0.15) is 0 Å². The van der Waals surface area contributed by atoms with Gasteiger partial charge < -0.3 is 14.8 Å². The van der Waals surface area contributed by atoms with Crippen LogP contribution < -0.4 is 20.3 Å². The number of halogens is 1. The Morgan fingerprint density at radius 1 is 1.09 bits per heavy atom. The van der Waals surface area contributed by atoms with Gasteiger partial charge in [0.1, 0.15) is 11.5 Å². The third kappa shape index (κ3) is 4.73. The standard InChI is InChI=1S/C25H22ClN3O4S/c1-15-18(26)8-6-10-21(15)29-24(31)17-7-4-5-9-19(17)28-25(29)34-14-23(30)27-20-12-11-16(32-2)13-22(20)33-3/h4-13H,14H2,1-3H3,(H,27,30). The lowest BCUT2D eigenvalue weighted by Crippen LogP contribution is -2.23. The predicted octanol–water partition coefficient (Wildman–Crippen LogP) is 5.10. The van der Waals surface area contributed by atoms with Crippen molar-refractivity contribution < 1.29 is 14.3 Å². The first-order valence-corrected chi connectivity index (χ1v) is 11.7. The molecule has 1 aromatic heterocycles. The zero-order valence-electron chi connectivity index (χ0n) is 18.8. The number of rotatable bonds is 7. The summed E-state index contributed by atoms with van der Waals surface area (Å²) in [5, 5.41) is 4.26. The molecule has 174 valence electrons. The monoisotopic (exact) mass is 495 g/mol. The van der Waals surface area contributed by atoms with E-state index < -0.39 is 0 Å². The second-order valence-corrected chi connectivity index (χ2v) is 8.69. The molecule has 4 rings (SSSR count). The molecule has 0 spiro atoms. The fourth-order valence-electron chi connectivity index (χ4n) is 3.48. The minimum Gasteiger partial charge on any atom is -0.497 e.